The van der Waals surface area contributed by atoms with Gasteiger partial charge in [0.1, 0.15) is 0 Å². The molecule has 0 bridgehead atoms. The lowest BCUT2D eigenvalue weighted by Crippen LogP contribution is -2.39. The van der Waals surface area contributed by atoms with Crippen LogP contribution < -0.4 is 0 Å². The van der Waals surface area contributed by atoms with Crippen molar-refractivity contribution in [3.63, 3.8) is 0 Å². The second-order valence-corrected chi connectivity index (χ2v) is 10.1. The Morgan fingerprint density at radius 3 is 2.75 bits per heavy atom. The molecule has 1 atom stereocenters. The van der Waals surface area contributed by atoms with Crippen molar-refractivity contribution < 1.29 is 4.79 Å². The fourth-order valence-electron chi connectivity index (χ4n) is 3.90. The minimum atomic E-state index is -0.251. The second-order valence-electron chi connectivity index (χ2n) is 7.75. The number of nitrogens with zero attached hydrogens (tertiary/aromatic N) is 5. The summed E-state index contributed by atoms with van der Waals surface area (Å²) in [5.41, 5.74) is 3.39. The van der Waals surface area contributed by atoms with Gasteiger partial charge in [0.25, 0.3) is 0 Å². The monoisotopic (exact) mass is 461 g/mol. The fourth-order valence-corrected chi connectivity index (χ4v) is 5.72. The quantitative estimate of drug-likeness (QED) is 0.395. The van der Waals surface area contributed by atoms with Gasteiger partial charge in [-0.05, 0) is 48.1 Å². The standard InChI is InChI=1S/C24H23N5OS2/c1-17(23(30)28-13-9-21-20(16-28)10-14-31-21)32-24-27-26-22(19-7-11-25-12-8-19)29(24)15-18-5-3-2-4-6-18/h2-8,10-12,14,17H,9,13,15-16H2,1H3. The van der Waals surface area contributed by atoms with Crippen LogP contribution in [0.1, 0.15) is 22.9 Å². The van der Waals surface area contributed by atoms with E-state index in [1.807, 2.05) is 42.2 Å². The van der Waals surface area contributed by atoms with Gasteiger partial charge in [0.15, 0.2) is 11.0 Å². The number of thioether (sulfide) groups is 1. The van der Waals surface area contributed by atoms with Gasteiger partial charge in [0.2, 0.25) is 5.91 Å². The zero-order valence-corrected chi connectivity index (χ0v) is 19.4. The zero-order chi connectivity index (χ0) is 21.9. The highest BCUT2D eigenvalue weighted by molar-refractivity contribution is 8.00. The maximum Gasteiger partial charge on any atom is 0.236 e. The van der Waals surface area contributed by atoms with Gasteiger partial charge >= 0.3 is 0 Å². The first-order valence-electron chi connectivity index (χ1n) is 10.6. The summed E-state index contributed by atoms with van der Waals surface area (Å²) in [5.74, 6) is 0.922. The van der Waals surface area contributed by atoms with Crippen molar-refractivity contribution in [3.05, 3.63) is 82.3 Å². The average Bonchev–Trinajstić information content (AvgIpc) is 3.46. The van der Waals surface area contributed by atoms with E-state index in [2.05, 4.69) is 43.3 Å². The highest BCUT2D eigenvalue weighted by Gasteiger charge is 2.27. The molecule has 32 heavy (non-hydrogen) atoms. The number of aromatic nitrogens is 4. The van der Waals surface area contributed by atoms with E-state index in [0.717, 1.165) is 35.1 Å². The lowest BCUT2D eigenvalue weighted by Gasteiger charge is -2.29. The van der Waals surface area contributed by atoms with E-state index in [4.69, 9.17) is 0 Å². The first-order chi connectivity index (χ1) is 15.7. The third-order valence-corrected chi connectivity index (χ3v) is 7.68. The molecule has 4 aromatic rings. The first-order valence-corrected chi connectivity index (χ1v) is 12.3. The molecule has 0 saturated heterocycles. The van der Waals surface area contributed by atoms with Crippen LogP contribution in [0.4, 0.5) is 0 Å². The third kappa shape index (κ3) is 4.33. The van der Waals surface area contributed by atoms with Crippen LogP contribution in [0.3, 0.4) is 0 Å². The summed E-state index contributed by atoms with van der Waals surface area (Å²) < 4.78 is 2.09. The minimum Gasteiger partial charge on any atom is -0.337 e. The number of carbonyl (C=O) groups excluding carboxylic acids is 1. The van der Waals surface area contributed by atoms with Crippen molar-refractivity contribution in [2.24, 2.45) is 0 Å². The van der Waals surface area contributed by atoms with Crippen LogP contribution >= 0.6 is 23.1 Å². The molecular weight excluding hydrogens is 438 g/mol. The number of hydrogen-bond donors (Lipinski definition) is 0. The SMILES string of the molecule is CC(Sc1nnc(-c2ccncc2)n1Cc1ccccc1)C(=O)N1CCc2sccc2C1. The maximum absolute atomic E-state index is 13.2. The van der Waals surface area contributed by atoms with E-state index < -0.39 is 0 Å². The summed E-state index contributed by atoms with van der Waals surface area (Å²) in [6, 6.07) is 16.2. The fraction of sp³-hybridized carbons (Fsp3) is 0.250. The summed E-state index contributed by atoms with van der Waals surface area (Å²) in [7, 11) is 0. The van der Waals surface area contributed by atoms with Crippen molar-refractivity contribution in [1.29, 1.82) is 0 Å². The van der Waals surface area contributed by atoms with Gasteiger partial charge in [-0.3, -0.25) is 14.3 Å². The Bertz CT molecular complexity index is 1210. The largest absolute Gasteiger partial charge is 0.337 e. The molecule has 1 unspecified atom stereocenters. The number of rotatable bonds is 6. The highest BCUT2D eigenvalue weighted by Crippen LogP contribution is 2.30. The Morgan fingerprint density at radius 2 is 1.94 bits per heavy atom. The normalized spacial score (nSPS) is 14.2. The molecule has 3 aromatic heterocycles. The third-order valence-electron chi connectivity index (χ3n) is 5.59. The van der Waals surface area contributed by atoms with Crippen molar-refractivity contribution in [3.8, 4) is 11.4 Å². The Hall–Kier alpha value is -2.97. The molecule has 5 rings (SSSR count). The van der Waals surface area contributed by atoms with Gasteiger partial charge < -0.3 is 4.90 Å². The van der Waals surface area contributed by atoms with Gasteiger partial charge in [0.05, 0.1) is 11.8 Å². The number of carbonyl (C=O) groups is 1. The van der Waals surface area contributed by atoms with Gasteiger partial charge in [-0.2, -0.15) is 0 Å². The van der Waals surface area contributed by atoms with E-state index in [9.17, 15) is 4.79 Å². The molecule has 0 saturated carbocycles. The lowest BCUT2D eigenvalue weighted by molar-refractivity contribution is -0.131. The molecule has 0 N–H and O–H groups in total. The Kier molecular flexibility index (Phi) is 6.05. The Labute approximate surface area is 195 Å². The van der Waals surface area contributed by atoms with Gasteiger partial charge in [-0.15, -0.1) is 21.5 Å². The van der Waals surface area contributed by atoms with E-state index >= 15 is 0 Å². The van der Waals surface area contributed by atoms with Gasteiger partial charge in [0, 0.05) is 35.9 Å². The van der Waals surface area contributed by atoms with Crippen LogP contribution in [0.15, 0.2) is 71.5 Å². The Morgan fingerprint density at radius 1 is 1.12 bits per heavy atom. The summed E-state index contributed by atoms with van der Waals surface area (Å²) in [4.78, 5) is 20.7. The molecule has 1 amide bonds. The van der Waals surface area contributed by atoms with E-state index in [1.165, 1.54) is 22.2 Å². The van der Waals surface area contributed by atoms with Crippen LogP contribution in [0, 0.1) is 0 Å². The van der Waals surface area contributed by atoms with E-state index in [1.54, 1.807) is 23.7 Å². The van der Waals surface area contributed by atoms with Crippen molar-refractivity contribution >= 4 is 29.0 Å². The summed E-state index contributed by atoms with van der Waals surface area (Å²) >= 11 is 3.26. The number of benzene rings is 1. The molecule has 1 aliphatic heterocycles. The summed E-state index contributed by atoms with van der Waals surface area (Å²) in [6.07, 6.45) is 4.45. The molecule has 4 heterocycles. The lowest BCUT2D eigenvalue weighted by atomic mass is 10.1. The van der Waals surface area contributed by atoms with E-state index in [0.29, 0.717) is 13.1 Å². The maximum atomic E-state index is 13.2. The number of hydrogen-bond acceptors (Lipinski definition) is 6. The van der Waals surface area contributed by atoms with Crippen LogP contribution in [0.2, 0.25) is 0 Å². The molecule has 1 aromatic carbocycles. The topological polar surface area (TPSA) is 63.9 Å². The smallest absolute Gasteiger partial charge is 0.236 e. The summed E-state index contributed by atoms with van der Waals surface area (Å²) in [5, 5.41) is 11.6. The predicted octanol–water partition coefficient (Wildman–Crippen LogP) is 4.52. The molecule has 0 fully saturated rings. The first kappa shape index (κ1) is 20.9. The number of fused-ring (bicyclic) bond motifs is 1. The number of amides is 1. The van der Waals surface area contributed by atoms with Crippen LogP contribution in [0.5, 0.6) is 0 Å². The van der Waals surface area contributed by atoms with Gasteiger partial charge in [-0.25, -0.2) is 0 Å². The number of pyridine rings is 1. The second kappa shape index (κ2) is 9.26. The Balaban J connectivity index is 1.39. The van der Waals surface area contributed by atoms with Crippen LogP contribution in [-0.2, 0) is 24.3 Å². The van der Waals surface area contributed by atoms with Crippen molar-refractivity contribution in [1.82, 2.24) is 24.6 Å². The van der Waals surface area contributed by atoms with Crippen molar-refractivity contribution in [2.45, 2.75) is 36.8 Å². The highest BCUT2D eigenvalue weighted by atomic mass is 32.2. The molecule has 162 valence electrons. The molecule has 6 nitrogen and oxygen atoms in total. The molecule has 0 aliphatic carbocycles. The summed E-state index contributed by atoms with van der Waals surface area (Å²) in [6.45, 7) is 4.07. The molecule has 0 radical (unpaired) electrons. The predicted molar refractivity (Wildman–Crippen MR) is 128 cm³/mol. The average molecular weight is 462 g/mol. The number of thiophene rings is 1. The van der Waals surface area contributed by atoms with Crippen LogP contribution in [0.25, 0.3) is 11.4 Å². The van der Waals surface area contributed by atoms with E-state index in [-0.39, 0.29) is 11.2 Å². The van der Waals surface area contributed by atoms with Gasteiger partial charge in [-0.1, -0.05) is 42.1 Å². The zero-order valence-electron chi connectivity index (χ0n) is 17.7. The molecule has 1 aliphatic rings. The van der Waals surface area contributed by atoms with Crippen molar-refractivity contribution in [2.75, 3.05) is 6.54 Å². The minimum absolute atomic E-state index is 0.145. The molecule has 0 spiro atoms. The van der Waals surface area contributed by atoms with Crippen LogP contribution in [-0.4, -0.2) is 42.4 Å². The molecular formula is C24H23N5OS2. The molecule has 8 heteroatoms.